The number of pyridine rings is 2. The lowest BCUT2D eigenvalue weighted by molar-refractivity contribution is -0.675. The molecule has 0 radical (unpaired) electrons. The molecule has 1 amide bonds. The molecule has 20 heavy (non-hydrogen) atoms. The van der Waals surface area contributed by atoms with Crippen molar-refractivity contribution < 1.29 is 14.2 Å². The van der Waals surface area contributed by atoms with E-state index in [9.17, 15) is 10.0 Å². The van der Waals surface area contributed by atoms with Gasteiger partial charge in [-0.2, -0.15) is 0 Å². The average molecular weight is 269 g/mol. The van der Waals surface area contributed by atoms with E-state index in [1.54, 1.807) is 30.5 Å². The second kappa shape index (κ2) is 4.50. The van der Waals surface area contributed by atoms with Crippen molar-refractivity contribution in [3.05, 3.63) is 53.6 Å². The standard InChI is InChI=1S/C12H8N6O2/c13-10(19)8-3-2-6-17(7-8)12-15-11-9(18(20)16-12)4-1-5-14-11/h1-7H,(H-,13,19)/p+1. The molecule has 0 aromatic carbocycles. The Morgan fingerprint density at radius 1 is 1.30 bits per heavy atom. The molecule has 3 rings (SSSR count). The molecular formula is C12H9N6O2+. The van der Waals surface area contributed by atoms with Crippen LogP contribution in [0, 0.1) is 5.21 Å². The number of primary amides is 1. The monoisotopic (exact) mass is 269 g/mol. The van der Waals surface area contributed by atoms with Crippen LogP contribution in [0.25, 0.3) is 17.1 Å². The van der Waals surface area contributed by atoms with Crippen LogP contribution in [-0.2, 0) is 0 Å². The normalized spacial score (nSPS) is 10.6. The van der Waals surface area contributed by atoms with Crippen LogP contribution in [0.3, 0.4) is 0 Å². The molecule has 2 N–H and O–H groups in total. The molecule has 0 aliphatic rings. The number of nitrogens with two attached hydrogens (primary N) is 1. The molecule has 8 nitrogen and oxygen atoms in total. The average Bonchev–Trinajstić information content (AvgIpc) is 2.47. The Kier molecular flexibility index (Phi) is 2.68. The Morgan fingerprint density at radius 2 is 2.15 bits per heavy atom. The summed E-state index contributed by atoms with van der Waals surface area (Å²) in [7, 11) is 0. The van der Waals surface area contributed by atoms with E-state index in [-0.39, 0.29) is 22.7 Å². The van der Waals surface area contributed by atoms with E-state index in [0.717, 1.165) is 0 Å². The van der Waals surface area contributed by atoms with Crippen molar-refractivity contribution in [2.75, 3.05) is 0 Å². The number of hydrogen-bond donors (Lipinski definition) is 1. The van der Waals surface area contributed by atoms with Gasteiger partial charge >= 0.3 is 17.1 Å². The van der Waals surface area contributed by atoms with Gasteiger partial charge in [-0.25, -0.2) is 9.55 Å². The Bertz CT molecular complexity index is 820. The minimum absolute atomic E-state index is 0.106. The molecule has 98 valence electrons. The molecule has 3 heterocycles. The van der Waals surface area contributed by atoms with Gasteiger partial charge in [0.15, 0.2) is 0 Å². The lowest BCUT2D eigenvalue weighted by Gasteiger charge is -1.98. The van der Waals surface area contributed by atoms with Crippen LogP contribution in [0.2, 0.25) is 0 Å². The zero-order valence-electron chi connectivity index (χ0n) is 10.2. The Labute approximate surface area is 112 Å². The van der Waals surface area contributed by atoms with E-state index in [4.69, 9.17) is 5.73 Å². The quantitative estimate of drug-likeness (QED) is 0.475. The fourth-order valence-corrected chi connectivity index (χ4v) is 1.73. The van der Waals surface area contributed by atoms with Crippen LogP contribution in [0.1, 0.15) is 10.4 Å². The zero-order chi connectivity index (χ0) is 14.1. The summed E-state index contributed by atoms with van der Waals surface area (Å²) in [5.74, 6) is -0.470. The van der Waals surface area contributed by atoms with Crippen LogP contribution in [0.4, 0.5) is 0 Å². The predicted octanol–water partition coefficient (Wildman–Crippen LogP) is -0.966. The highest BCUT2D eigenvalue weighted by Crippen LogP contribution is 2.02. The van der Waals surface area contributed by atoms with Crippen LogP contribution in [0.15, 0.2) is 42.9 Å². The number of aromatic nitrogens is 5. The first kappa shape index (κ1) is 11.9. The second-order valence-electron chi connectivity index (χ2n) is 4.00. The Balaban J connectivity index is 2.19. The van der Waals surface area contributed by atoms with Gasteiger partial charge in [0.1, 0.15) is 0 Å². The van der Waals surface area contributed by atoms with Gasteiger partial charge in [-0.15, -0.1) is 0 Å². The molecule has 0 bridgehead atoms. The number of carbonyl (C=O) groups excluding carboxylic acids is 1. The highest BCUT2D eigenvalue weighted by Gasteiger charge is 2.22. The van der Waals surface area contributed by atoms with Crippen molar-refractivity contribution in [3.63, 3.8) is 0 Å². The summed E-state index contributed by atoms with van der Waals surface area (Å²) in [6.07, 6.45) is 4.59. The molecule has 8 heteroatoms. The lowest BCUT2D eigenvalue weighted by atomic mass is 10.3. The third-order valence-corrected chi connectivity index (χ3v) is 2.67. The Morgan fingerprint density at radius 3 is 2.95 bits per heavy atom. The third-order valence-electron chi connectivity index (χ3n) is 2.67. The minimum Gasteiger partial charge on any atom is -0.582 e. The fourth-order valence-electron chi connectivity index (χ4n) is 1.73. The van der Waals surface area contributed by atoms with Gasteiger partial charge in [0.25, 0.3) is 5.91 Å². The first-order valence-corrected chi connectivity index (χ1v) is 5.69. The van der Waals surface area contributed by atoms with E-state index >= 15 is 0 Å². The Hall–Kier alpha value is -3.16. The van der Waals surface area contributed by atoms with Crippen molar-refractivity contribution >= 4 is 17.1 Å². The largest absolute Gasteiger partial charge is 0.582 e. The summed E-state index contributed by atoms with van der Waals surface area (Å²) >= 11 is 0. The molecule has 3 aromatic rings. The highest BCUT2D eigenvalue weighted by molar-refractivity contribution is 5.92. The van der Waals surface area contributed by atoms with E-state index in [1.165, 1.54) is 17.0 Å². The summed E-state index contributed by atoms with van der Waals surface area (Å²) < 4.78 is 1.43. The number of hydrogen-bond acceptors (Lipinski definition) is 5. The summed E-state index contributed by atoms with van der Waals surface area (Å²) in [6, 6.07) is 6.37. The van der Waals surface area contributed by atoms with Crippen molar-refractivity contribution in [1.82, 2.24) is 15.1 Å². The van der Waals surface area contributed by atoms with Gasteiger partial charge in [0.05, 0.1) is 18.0 Å². The lowest BCUT2D eigenvalue weighted by Crippen LogP contribution is -2.42. The van der Waals surface area contributed by atoms with Gasteiger partial charge in [-0.05, 0) is 23.2 Å². The molecule has 0 atom stereocenters. The molecule has 0 saturated heterocycles. The summed E-state index contributed by atoms with van der Waals surface area (Å²) in [6.45, 7) is 0. The van der Waals surface area contributed by atoms with Crippen LogP contribution in [-0.4, -0.2) is 21.0 Å². The summed E-state index contributed by atoms with van der Waals surface area (Å²) in [4.78, 5) is 19.8. The molecule has 0 fully saturated rings. The van der Waals surface area contributed by atoms with Gasteiger partial charge in [-0.3, -0.25) is 4.79 Å². The molecule has 0 spiro atoms. The van der Waals surface area contributed by atoms with Gasteiger partial charge in [-0.1, -0.05) is 0 Å². The summed E-state index contributed by atoms with van der Waals surface area (Å²) in [5, 5.41) is 15.6. The van der Waals surface area contributed by atoms with Gasteiger partial charge < -0.3 is 10.9 Å². The maximum absolute atomic E-state index is 11.8. The topological polar surface area (TPSA) is 113 Å². The molecular weight excluding hydrogens is 260 g/mol. The van der Waals surface area contributed by atoms with Crippen LogP contribution >= 0.6 is 0 Å². The minimum atomic E-state index is -0.576. The van der Waals surface area contributed by atoms with Crippen molar-refractivity contribution in [2.45, 2.75) is 0 Å². The van der Waals surface area contributed by atoms with E-state index in [0.29, 0.717) is 4.85 Å². The molecule has 0 aliphatic heterocycles. The van der Waals surface area contributed by atoms with Crippen molar-refractivity contribution in [1.29, 1.82) is 0 Å². The highest BCUT2D eigenvalue weighted by atomic mass is 16.5. The molecule has 0 aliphatic carbocycles. The van der Waals surface area contributed by atoms with E-state index in [2.05, 4.69) is 15.1 Å². The smallest absolute Gasteiger partial charge is 0.507 e. The van der Waals surface area contributed by atoms with Gasteiger partial charge in [0.2, 0.25) is 5.10 Å². The van der Waals surface area contributed by atoms with Crippen molar-refractivity contribution in [2.24, 2.45) is 5.73 Å². The third kappa shape index (κ3) is 1.99. The van der Waals surface area contributed by atoms with Crippen LogP contribution < -0.4 is 15.1 Å². The summed E-state index contributed by atoms with van der Waals surface area (Å²) in [5.41, 5.74) is 6.03. The maximum atomic E-state index is 11.8. The second-order valence-corrected chi connectivity index (χ2v) is 4.00. The van der Waals surface area contributed by atoms with Gasteiger partial charge in [0, 0.05) is 17.1 Å². The molecule has 0 saturated carbocycles. The molecule has 0 unspecified atom stereocenters. The number of fused-ring (bicyclic) bond motifs is 1. The predicted molar refractivity (Wildman–Crippen MR) is 66.3 cm³/mol. The number of rotatable bonds is 2. The maximum Gasteiger partial charge on any atom is 0.507 e. The number of amides is 1. The molecule has 3 aromatic heterocycles. The van der Waals surface area contributed by atoms with Crippen LogP contribution in [0.5, 0.6) is 0 Å². The van der Waals surface area contributed by atoms with Crippen molar-refractivity contribution in [3.8, 4) is 5.95 Å². The fraction of sp³-hybridized carbons (Fsp3) is 0. The van der Waals surface area contributed by atoms with E-state index < -0.39 is 5.91 Å². The first-order chi connectivity index (χ1) is 9.65. The zero-order valence-corrected chi connectivity index (χ0v) is 10.2. The van der Waals surface area contributed by atoms with E-state index in [1.807, 2.05) is 0 Å². The SMILES string of the molecule is NC(=O)c1ccc[n+](-c2nc3ncccc3[n+]([O-])n2)c1. The number of nitrogens with zero attached hydrogens (tertiary/aromatic N) is 5. The number of carbonyl (C=O) groups is 1. The first-order valence-electron chi connectivity index (χ1n) is 5.69.